The highest BCUT2D eigenvalue weighted by Crippen LogP contribution is 2.44. The van der Waals surface area contributed by atoms with Crippen LogP contribution in [-0.4, -0.2) is 38.6 Å². The standard InChI is InChI=1S/C22H25F2N3O3/c1-13-12-27-16(25-20(29)18(28)17(27)21(30)26(13)2)11-22(8-3-4-9-22)15-7-5-6-14(10-15)19(23)24/h5-7,10,13,19,28H,3-4,8-9,11-12H2,1-2H3/t13-/m0/s1. The van der Waals surface area contributed by atoms with Crippen LogP contribution in [-0.2, 0) is 18.4 Å². The van der Waals surface area contributed by atoms with Gasteiger partial charge >= 0.3 is 5.56 Å². The lowest BCUT2D eigenvalue weighted by atomic mass is 9.75. The maximum absolute atomic E-state index is 13.3. The van der Waals surface area contributed by atoms with Gasteiger partial charge in [0, 0.05) is 37.0 Å². The number of rotatable bonds is 4. The van der Waals surface area contributed by atoms with Gasteiger partial charge in [0.15, 0.2) is 5.69 Å². The molecule has 0 radical (unpaired) electrons. The minimum Gasteiger partial charge on any atom is -0.501 e. The Morgan fingerprint density at radius 1 is 1.27 bits per heavy atom. The highest BCUT2D eigenvalue weighted by Gasteiger charge is 2.40. The zero-order valence-corrected chi connectivity index (χ0v) is 17.1. The van der Waals surface area contributed by atoms with Crippen LogP contribution < -0.4 is 5.56 Å². The van der Waals surface area contributed by atoms with E-state index in [9.17, 15) is 23.5 Å². The van der Waals surface area contributed by atoms with E-state index in [-0.39, 0.29) is 17.3 Å². The van der Waals surface area contributed by atoms with Crippen molar-refractivity contribution in [1.29, 1.82) is 0 Å². The van der Waals surface area contributed by atoms with E-state index in [1.54, 1.807) is 23.7 Å². The van der Waals surface area contributed by atoms with Gasteiger partial charge in [0.25, 0.3) is 12.3 Å². The monoisotopic (exact) mass is 417 g/mol. The zero-order chi connectivity index (χ0) is 21.6. The lowest BCUT2D eigenvalue weighted by Gasteiger charge is -2.36. The van der Waals surface area contributed by atoms with Crippen LogP contribution in [0.5, 0.6) is 5.75 Å². The van der Waals surface area contributed by atoms with Gasteiger partial charge < -0.3 is 14.6 Å². The second-order valence-corrected chi connectivity index (χ2v) is 8.50. The van der Waals surface area contributed by atoms with Crippen molar-refractivity contribution >= 4 is 5.91 Å². The summed E-state index contributed by atoms with van der Waals surface area (Å²) < 4.78 is 28.2. The van der Waals surface area contributed by atoms with E-state index in [1.807, 2.05) is 13.0 Å². The Hall–Kier alpha value is -2.77. The highest BCUT2D eigenvalue weighted by atomic mass is 19.3. The number of nitrogens with zero attached hydrogens (tertiary/aromatic N) is 3. The highest BCUT2D eigenvalue weighted by molar-refractivity contribution is 5.95. The summed E-state index contributed by atoms with van der Waals surface area (Å²) in [5.41, 5.74) is -0.525. The first-order valence-electron chi connectivity index (χ1n) is 10.2. The number of fused-ring (bicyclic) bond motifs is 1. The maximum atomic E-state index is 13.3. The molecule has 2 heterocycles. The van der Waals surface area contributed by atoms with E-state index in [4.69, 9.17) is 0 Å². The maximum Gasteiger partial charge on any atom is 0.315 e. The third-order valence-corrected chi connectivity index (χ3v) is 6.68. The summed E-state index contributed by atoms with van der Waals surface area (Å²) in [5.74, 6) is -0.639. The number of hydrogen-bond acceptors (Lipinski definition) is 4. The first-order valence-corrected chi connectivity index (χ1v) is 10.2. The molecule has 1 saturated carbocycles. The molecular weight excluding hydrogens is 392 g/mol. The first-order chi connectivity index (χ1) is 14.2. The molecule has 1 aromatic carbocycles. The first kappa shape index (κ1) is 20.5. The Labute approximate surface area is 173 Å². The zero-order valence-electron chi connectivity index (χ0n) is 17.1. The molecule has 1 atom stereocenters. The Kier molecular flexibility index (Phi) is 5.11. The van der Waals surface area contributed by atoms with Crippen LogP contribution in [0.3, 0.4) is 0 Å². The Morgan fingerprint density at radius 3 is 2.63 bits per heavy atom. The van der Waals surface area contributed by atoms with Crippen molar-refractivity contribution in [2.45, 2.75) is 63.5 Å². The molecule has 1 fully saturated rings. The average molecular weight is 417 g/mol. The Morgan fingerprint density at radius 2 is 1.97 bits per heavy atom. The molecule has 6 nitrogen and oxygen atoms in total. The fourth-order valence-electron chi connectivity index (χ4n) is 4.82. The molecule has 4 rings (SSSR count). The number of aromatic hydroxyl groups is 1. The predicted octanol–water partition coefficient (Wildman–Crippen LogP) is 3.42. The van der Waals surface area contributed by atoms with Crippen molar-refractivity contribution < 1.29 is 18.7 Å². The van der Waals surface area contributed by atoms with Gasteiger partial charge in [-0.1, -0.05) is 31.0 Å². The number of halogens is 2. The molecule has 1 aliphatic heterocycles. The van der Waals surface area contributed by atoms with Gasteiger partial charge in [-0.05, 0) is 31.4 Å². The number of carbonyl (C=O) groups is 1. The molecule has 1 N–H and O–H groups in total. The van der Waals surface area contributed by atoms with E-state index in [0.29, 0.717) is 18.8 Å². The van der Waals surface area contributed by atoms with E-state index >= 15 is 0 Å². The second-order valence-electron chi connectivity index (χ2n) is 8.50. The normalized spacial score (nSPS) is 20.6. The summed E-state index contributed by atoms with van der Waals surface area (Å²) in [5, 5.41) is 10.3. The molecule has 30 heavy (non-hydrogen) atoms. The van der Waals surface area contributed by atoms with Crippen molar-refractivity contribution in [2.75, 3.05) is 7.05 Å². The van der Waals surface area contributed by atoms with Crippen molar-refractivity contribution in [2.24, 2.45) is 0 Å². The molecule has 0 bridgehead atoms. The smallest absolute Gasteiger partial charge is 0.315 e. The third kappa shape index (κ3) is 3.28. The van der Waals surface area contributed by atoms with Gasteiger partial charge in [-0.2, -0.15) is 4.98 Å². The number of hydrogen-bond donors (Lipinski definition) is 1. The number of carbonyl (C=O) groups excluding carboxylic acids is 1. The minimum absolute atomic E-state index is 0.0259. The molecule has 1 aromatic heterocycles. The molecule has 160 valence electrons. The molecule has 1 amide bonds. The van der Waals surface area contributed by atoms with Gasteiger partial charge in [-0.25, -0.2) is 8.78 Å². The van der Waals surface area contributed by atoms with Crippen LogP contribution in [0, 0.1) is 0 Å². The third-order valence-electron chi connectivity index (χ3n) is 6.68. The lowest BCUT2D eigenvalue weighted by molar-refractivity contribution is 0.0660. The Bertz CT molecular complexity index is 1040. The van der Waals surface area contributed by atoms with Gasteiger partial charge in [0.05, 0.1) is 0 Å². The average Bonchev–Trinajstić information content (AvgIpc) is 3.19. The summed E-state index contributed by atoms with van der Waals surface area (Å²) in [6.07, 6.45) is 1.27. The van der Waals surface area contributed by atoms with Crippen LogP contribution in [0.1, 0.15) is 66.5 Å². The van der Waals surface area contributed by atoms with E-state index in [2.05, 4.69) is 4.98 Å². The van der Waals surface area contributed by atoms with Crippen LogP contribution in [0.4, 0.5) is 8.78 Å². The summed E-state index contributed by atoms with van der Waals surface area (Å²) >= 11 is 0. The van der Waals surface area contributed by atoms with E-state index in [1.165, 1.54) is 11.0 Å². The second kappa shape index (κ2) is 7.49. The molecule has 0 unspecified atom stereocenters. The topological polar surface area (TPSA) is 75.4 Å². The van der Waals surface area contributed by atoms with Gasteiger partial charge in [-0.15, -0.1) is 0 Å². The minimum atomic E-state index is -2.56. The van der Waals surface area contributed by atoms with Crippen molar-refractivity contribution in [3.8, 4) is 5.75 Å². The molecule has 2 aliphatic rings. The number of benzene rings is 1. The van der Waals surface area contributed by atoms with Gasteiger partial charge in [0.2, 0.25) is 5.75 Å². The molecule has 8 heteroatoms. The number of aromatic nitrogens is 2. The van der Waals surface area contributed by atoms with Crippen molar-refractivity contribution in [3.05, 3.63) is 57.3 Å². The largest absolute Gasteiger partial charge is 0.501 e. The summed E-state index contributed by atoms with van der Waals surface area (Å²) in [6, 6.07) is 6.33. The fourth-order valence-corrected chi connectivity index (χ4v) is 4.82. The van der Waals surface area contributed by atoms with Crippen LogP contribution in [0.15, 0.2) is 29.1 Å². The molecular formula is C22H25F2N3O3. The van der Waals surface area contributed by atoms with Crippen LogP contribution >= 0.6 is 0 Å². The molecule has 0 spiro atoms. The SMILES string of the molecule is C[C@H]1Cn2c(CC3(c4cccc(C(F)F)c4)CCCC3)nc(=O)c(O)c2C(=O)N1C. The van der Waals surface area contributed by atoms with Crippen molar-refractivity contribution in [3.63, 3.8) is 0 Å². The van der Waals surface area contributed by atoms with Gasteiger partial charge in [0.1, 0.15) is 5.82 Å². The number of amides is 1. The predicted molar refractivity (Wildman–Crippen MR) is 107 cm³/mol. The molecule has 2 aromatic rings. The lowest BCUT2D eigenvalue weighted by Crippen LogP contribution is -2.47. The quantitative estimate of drug-likeness (QED) is 0.827. The van der Waals surface area contributed by atoms with Crippen molar-refractivity contribution in [1.82, 2.24) is 14.5 Å². The van der Waals surface area contributed by atoms with Crippen LogP contribution in [0.25, 0.3) is 0 Å². The summed E-state index contributed by atoms with van der Waals surface area (Å²) in [6.45, 7) is 2.29. The van der Waals surface area contributed by atoms with E-state index in [0.717, 1.165) is 31.2 Å². The summed E-state index contributed by atoms with van der Waals surface area (Å²) in [4.78, 5) is 30.7. The molecule has 0 saturated heterocycles. The summed E-state index contributed by atoms with van der Waals surface area (Å²) in [7, 11) is 1.63. The van der Waals surface area contributed by atoms with Gasteiger partial charge in [-0.3, -0.25) is 9.59 Å². The fraction of sp³-hybridized carbons (Fsp3) is 0.500. The Balaban J connectivity index is 1.83. The number of alkyl halides is 2. The molecule has 1 aliphatic carbocycles. The van der Waals surface area contributed by atoms with E-state index < -0.39 is 29.1 Å². The van der Waals surface area contributed by atoms with Crippen LogP contribution in [0.2, 0.25) is 0 Å². The number of likely N-dealkylation sites (N-methyl/N-ethyl adjacent to an activating group) is 1.